The predicted octanol–water partition coefficient (Wildman–Crippen LogP) is 4.10. The molecule has 2 aromatic heterocycles. The molecule has 2 aromatic carbocycles. The van der Waals surface area contributed by atoms with E-state index < -0.39 is 5.91 Å². The maximum absolute atomic E-state index is 11.3. The van der Waals surface area contributed by atoms with Gasteiger partial charge in [-0.1, -0.05) is 18.2 Å². The minimum Gasteiger partial charge on any atom is -0.366 e. The van der Waals surface area contributed by atoms with Gasteiger partial charge in [0.1, 0.15) is 0 Å². The van der Waals surface area contributed by atoms with E-state index in [1.54, 1.807) is 30.6 Å². The van der Waals surface area contributed by atoms with Gasteiger partial charge in [-0.15, -0.1) is 0 Å². The lowest BCUT2D eigenvalue weighted by Crippen LogP contribution is -2.12. The van der Waals surface area contributed by atoms with E-state index >= 15 is 0 Å². The number of anilines is 2. The number of primary amides is 1. The van der Waals surface area contributed by atoms with Gasteiger partial charge in [-0.2, -0.15) is 5.10 Å². The van der Waals surface area contributed by atoms with Crippen LogP contribution in [-0.4, -0.2) is 25.7 Å². The highest BCUT2D eigenvalue weighted by Gasteiger charge is 2.12. The van der Waals surface area contributed by atoms with Gasteiger partial charge in [0.05, 0.1) is 12.2 Å². The van der Waals surface area contributed by atoms with Gasteiger partial charge >= 0.3 is 0 Å². The fourth-order valence-electron chi connectivity index (χ4n) is 3.29. The highest BCUT2D eigenvalue weighted by Crippen LogP contribution is 2.27. The molecule has 150 valence electrons. The topological polar surface area (TPSA) is 98.7 Å². The first kappa shape index (κ1) is 19.3. The molecular formula is C23H22N6O. The van der Waals surface area contributed by atoms with Crippen LogP contribution >= 0.6 is 0 Å². The van der Waals surface area contributed by atoms with Crippen molar-refractivity contribution in [3.8, 4) is 11.1 Å². The molecule has 7 heteroatoms. The first-order valence-corrected chi connectivity index (χ1v) is 9.59. The number of benzene rings is 2. The van der Waals surface area contributed by atoms with Crippen molar-refractivity contribution in [2.75, 3.05) is 5.32 Å². The molecule has 0 aliphatic rings. The van der Waals surface area contributed by atoms with Gasteiger partial charge in [-0.05, 0) is 60.9 Å². The summed E-state index contributed by atoms with van der Waals surface area (Å²) in [6, 6.07) is 15.3. The minimum atomic E-state index is -0.430. The molecule has 1 unspecified atom stereocenters. The zero-order valence-corrected chi connectivity index (χ0v) is 16.8. The van der Waals surface area contributed by atoms with E-state index in [4.69, 9.17) is 5.73 Å². The summed E-state index contributed by atoms with van der Waals surface area (Å²) < 4.78 is 1.91. The summed E-state index contributed by atoms with van der Waals surface area (Å²) in [4.78, 5) is 19.7. The van der Waals surface area contributed by atoms with Gasteiger partial charge in [0.15, 0.2) is 0 Å². The van der Waals surface area contributed by atoms with Crippen molar-refractivity contribution < 1.29 is 4.79 Å². The normalized spacial score (nSPS) is 11.8. The fourth-order valence-corrected chi connectivity index (χ4v) is 3.29. The summed E-state index contributed by atoms with van der Waals surface area (Å²) in [6.45, 7) is 4.11. The molecule has 1 atom stereocenters. The molecule has 0 aliphatic carbocycles. The van der Waals surface area contributed by atoms with Crippen LogP contribution in [0.15, 0.2) is 73.3 Å². The van der Waals surface area contributed by atoms with Gasteiger partial charge in [0, 0.05) is 35.4 Å². The molecule has 2 heterocycles. The maximum atomic E-state index is 11.3. The standard InChI is InChI=1S/C23H22N6O/c1-15-10-19(12-21(11-15)28-23-25-8-3-9-26-23)20-13-27-29(14-20)16(2)17-4-6-18(7-5-17)22(24)30/h3-14,16H,1-2H3,(H2,24,30)(H,25,26,28). The largest absolute Gasteiger partial charge is 0.366 e. The van der Waals surface area contributed by atoms with Crippen LogP contribution in [0.1, 0.15) is 34.5 Å². The molecule has 3 N–H and O–H groups in total. The molecule has 0 saturated heterocycles. The van der Waals surface area contributed by atoms with Gasteiger partial charge in [-0.3, -0.25) is 9.48 Å². The Morgan fingerprint density at radius 1 is 1.07 bits per heavy atom. The van der Waals surface area contributed by atoms with Crippen molar-refractivity contribution in [1.82, 2.24) is 19.7 Å². The van der Waals surface area contributed by atoms with Crippen molar-refractivity contribution in [3.05, 3.63) is 90.0 Å². The highest BCUT2D eigenvalue weighted by molar-refractivity contribution is 5.92. The Morgan fingerprint density at radius 2 is 1.80 bits per heavy atom. The van der Waals surface area contributed by atoms with E-state index in [0.29, 0.717) is 11.5 Å². The number of amides is 1. The van der Waals surface area contributed by atoms with E-state index in [1.807, 2.05) is 42.2 Å². The number of nitrogens with two attached hydrogens (primary N) is 1. The van der Waals surface area contributed by atoms with E-state index in [0.717, 1.165) is 27.9 Å². The molecule has 7 nitrogen and oxygen atoms in total. The van der Waals surface area contributed by atoms with Crippen molar-refractivity contribution in [3.63, 3.8) is 0 Å². The molecular weight excluding hydrogens is 376 g/mol. The van der Waals surface area contributed by atoms with E-state index in [1.165, 1.54) is 0 Å². The Labute approximate surface area is 174 Å². The molecule has 1 amide bonds. The van der Waals surface area contributed by atoms with Gasteiger partial charge < -0.3 is 11.1 Å². The fraction of sp³-hybridized carbons (Fsp3) is 0.130. The Morgan fingerprint density at radius 3 is 2.50 bits per heavy atom. The van der Waals surface area contributed by atoms with Crippen LogP contribution in [0.4, 0.5) is 11.6 Å². The van der Waals surface area contributed by atoms with Crippen LogP contribution in [0.5, 0.6) is 0 Å². The number of hydrogen-bond donors (Lipinski definition) is 2. The lowest BCUT2D eigenvalue weighted by molar-refractivity contribution is 0.100. The number of carbonyl (C=O) groups excluding carboxylic acids is 1. The average molecular weight is 398 g/mol. The molecule has 0 bridgehead atoms. The summed E-state index contributed by atoms with van der Waals surface area (Å²) in [5.74, 6) is 0.123. The third-order valence-electron chi connectivity index (χ3n) is 4.91. The molecule has 30 heavy (non-hydrogen) atoms. The summed E-state index contributed by atoms with van der Waals surface area (Å²) in [5, 5.41) is 7.79. The molecule has 4 rings (SSSR count). The second-order valence-electron chi connectivity index (χ2n) is 7.16. The van der Waals surface area contributed by atoms with E-state index in [9.17, 15) is 4.79 Å². The predicted molar refractivity (Wildman–Crippen MR) is 116 cm³/mol. The van der Waals surface area contributed by atoms with E-state index in [-0.39, 0.29) is 6.04 Å². The van der Waals surface area contributed by atoms with Crippen LogP contribution in [0.2, 0.25) is 0 Å². The zero-order chi connectivity index (χ0) is 21.1. The van der Waals surface area contributed by atoms with Crippen molar-refractivity contribution >= 4 is 17.5 Å². The SMILES string of the molecule is Cc1cc(Nc2ncccn2)cc(-c2cnn(C(C)c3ccc(C(N)=O)cc3)c2)c1. The summed E-state index contributed by atoms with van der Waals surface area (Å²) >= 11 is 0. The Hall–Kier alpha value is -4.00. The number of aryl methyl sites for hydroxylation is 1. The van der Waals surface area contributed by atoms with Crippen LogP contribution in [0, 0.1) is 6.92 Å². The maximum Gasteiger partial charge on any atom is 0.248 e. The van der Waals surface area contributed by atoms with Crippen molar-refractivity contribution in [2.45, 2.75) is 19.9 Å². The van der Waals surface area contributed by atoms with Crippen LogP contribution < -0.4 is 11.1 Å². The quantitative estimate of drug-likeness (QED) is 0.509. The van der Waals surface area contributed by atoms with Crippen molar-refractivity contribution in [1.29, 1.82) is 0 Å². The number of aromatic nitrogens is 4. The second-order valence-corrected chi connectivity index (χ2v) is 7.16. The van der Waals surface area contributed by atoms with Crippen LogP contribution in [-0.2, 0) is 0 Å². The van der Waals surface area contributed by atoms with Gasteiger partial charge in [0.2, 0.25) is 11.9 Å². The number of hydrogen-bond acceptors (Lipinski definition) is 5. The van der Waals surface area contributed by atoms with Crippen LogP contribution in [0.3, 0.4) is 0 Å². The number of carbonyl (C=O) groups is 1. The third-order valence-corrected chi connectivity index (χ3v) is 4.91. The highest BCUT2D eigenvalue weighted by atomic mass is 16.1. The van der Waals surface area contributed by atoms with Gasteiger partial charge in [0.25, 0.3) is 0 Å². The lowest BCUT2D eigenvalue weighted by atomic mass is 10.0. The first-order valence-electron chi connectivity index (χ1n) is 9.59. The monoisotopic (exact) mass is 398 g/mol. The number of rotatable bonds is 6. The summed E-state index contributed by atoms with van der Waals surface area (Å²) in [7, 11) is 0. The lowest BCUT2D eigenvalue weighted by Gasteiger charge is -2.13. The third kappa shape index (κ3) is 4.20. The molecule has 0 saturated carbocycles. The Kier molecular flexibility index (Phi) is 5.26. The Bertz CT molecular complexity index is 1170. The summed E-state index contributed by atoms with van der Waals surface area (Å²) in [6.07, 6.45) is 7.27. The van der Waals surface area contributed by atoms with E-state index in [2.05, 4.69) is 39.4 Å². The molecule has 0 aliphatic heterocycles. The van der Waals surface area contributed by atoms with Crippen molar-refractivity contribution in [2.24, 2.45) is 5.73 Å². The zero-order valence-electron chi connectivity index (χ0n) is 16.8. The molecule has 4 aromatic rings. The molecule has 0 radical (unpaired) electrons. The average Bonchev–Trinajstić information content (AvgIpc) is 3.24. The van der Waals surface area contributed by atoms with Gasteiger partial charge in [-0.25, -0.2) is 9.97 Å². The smallest absolute Gasteiger partial charge is 0.248 e. The molecule has 0 fully saturated rings. The minimum absolute atomic E-state index is 0.0146. The summed E-state index contributed by atoms with van der Waals surface area (Å²) in [5.41, 5.74) is 11.0. The van der Waals surface area contributed by atoms with Crippen LogP contribution in [0.25, 0.3) is 11.1 Å². The second kappa shape index (κ2) is 8.16. The Balaban J connectivity index is 1.58. The number of nitrogens with one attached hydrogen (secondary N) is 1. The first-order chi connectivity index (χ1) is 14.5. The molecule has 0 spiro atoms. The number of nitrogens with zero attached hydrogens (tertiary/aromatic N) is 4.